The number of pyridine rings is 3. The Bertz CT molecular complexity index is 1310. The second-order valence-electron chi connectivity index (χ2n) is 7.07. The van der Waals surface area contributed by atoms with Gasteiger partial charge >= 0.3 is 0 Å². The van der Waals surface area contributed by atoms with Gasteiger partial charge in [-0.05, 0) is 54.6 Å². The molecule has 0 radical (unpaired) electrons. The predicted molar refractivity (Wildman–Crippen MR) is 114 cm³/mol. The van der Waals surface area contributed by atoms with Gasteiger partial charge in [0.05, 0.1) is 5.69 Å². The predicted octanol–water partition coefficient (Wildman–Crippen LogP) is 3.86. The van der Waals surface area contributed by atoms with Crippen LogP contribution in [0.2, 0.25) is 0 Å². The van der Waals surface area contributed by atoms with E-state index in [0.29, 0.717) is 11.4 Å². The molecular formula is C23H20N4O2. The fourth-order valence-electron chi connectivity index (χ4n) is 3.26. The van der Waals surface area contributed by atoms with Crippen LogP contribution in [-0.4, -0.2) is 20.4 Å². The molecule has 1 aromatic carbocycles. The first kappa shape index (κ1) is 18.6. The van der Waals surface area contributed by atoms with Crippen molar-refractivity contribution in [1.82, 2.24) is 14.5 Å². The third-order valence-electron chi connectivity index (χ3n) is 4.93. The molecule has 0 aliphatic heterocycles. The molecule has 0 spiro atoms. The Morgan fingerprint density at radius 2 is 1.83 bits per heavy atom. The first-order valence-corrected chi connectivity index (χ1v) is 9.23. The SMILES string of the molecule is Cc1cc(=O)n(C)cc1-c1nc(NC(=O)c2ccc3cnccc3c2)ccc1C. The highest BCUT2D eigenvalue weighted by molar-refractivity contribution is 6.06. The highest BCUT2D eigenvalue weighted by atomic mass is 16.1. The molecule has 3 heterocycles. The summed E-state index contributed by atoms with van der Waals surface area (Å²) in [4.78, 5) is 33.3. The minimum atomic E-state index is -0.233. The summed E-state index contributed by atoms with van der Waals surface area (Å²) < 4.78 is 1.53. The van der Waals surface area contributed by atoms with E-state index in [0.717, 1.165) is 33.2 Å². The monoisotopic (exact) mass is 384 g/mol. The van der Waals surface area contributed by atoms with Gasteiger partial charge in [-0.25, -0.2) is 4.98 Å². The van der Waals surface area contributed by atoms with Gasteiger partial charge in [0.2, 0.25) is 0 Å². The van der Waals surface area contributed by atoms with Crippen molar-refractivity contribution in [1.29, 1.82) is 0 Å². The van der Waals surface area contributed by atoms with Crippen LogP contribution in [-0.2, 0) is 7.05 Å². The van der Waals surface area contributed by atoms with Gasteiger partial charge in [0.1, 0.15) is 5.82 Å². The first-order chi connectivity index (χ1) is 13.9. The Kier molecular flexibility index (Phi) is 4.68. The molecular weight excluding hydrogens is 364 g/mol. The standard InChI is InChI=1S/C23H20N4O2/c1-14-4-7-20(25-22(14)19-13-27(3)21(28)10-15(19)2)26-23(29)17-5-6-18-12-24-9-8-16(18)11-17/h4-13H,1-3H3,(H,25,26,29). The van der Waals surface area contributed by atoms with Crippen molar-refractivity contribution in [2.24, 2.45) is 7.05 Å². The van der Waals surface area contributed by atoms with E-state index in [1.807, 2.05) is 38.1 Å². The van der Waals surface area contributed by atoms with Crippen LogP contribution in [0.5, 0.6) is 0 Å². The lowest BCUT2D eigenvalue weighted by molar-refractivity contribution is 0.102. The van der Waals surface area contributed by atoms with Gasteiger partial charge in [-0.2, -0.15) is 0 Å². The molecule has 6 nitrogen and oxygen atoms in total. The van der Waals surface area contributed by atoms with Crippen LogP contribution >= 0.6 is 0 Å². The summed E-state index contributed by atoms with van der Waals surface area (Å²) in [7, 11) is 1.71. The maximum atomic E-state index is 12.7. The molecule has 0 saturated carbocycles. The summed E-state index contributed by atoms with van der Waals surface area (Å²) in [5.41, 5.74) is 3.88. The summed E-state index contributed by atoms with van der Waals surface area (Å²) in [5.74, 6) is 0.224. The van der Waals surface area contributed by atoms with Crippen LogP contribution < -0.4 is 10.9 Å². The molecule has 0 fully saturated rings. The number of amides is 1. The van der Waals surface area contributed by atoms with Crippen molar-refractivity contribution >= 4 is 22.5 Å². The zero-order valence-electron chi connectivity index (χ0n) is 16.4. The zero-order valence-corrected chi connectivity index (χ0v) is 16.4. The number of rotatable bonds is 3. The average Bonchev–Trinajstić information content (AvgIpc) is 2.72. The fraction of sp³-hybridized carbons (Fsp3) is 0.130. The summed E-state index contributed by atoms with van der Waals surface area (Å²) >= 11 is 0. The Morgan fingerprint density at radius 3 is 2.66 bits per heavy atom. The van der Waals surface area contributed by atoms with E-state index < -0.39 is 0 Å². The smallest absolute Gasteiger partial charge is 0.256 e. The molecule has 0 aliphatic rings. The lowest BCUT2D eigenvalue weighted by Crippen LogP contribution is -2.16. The molecule has 144 valence electrons. The van der Waals surface area contributed by atoms with Gasteiger partial charge < -0.3 is 9.88 Å². The molecule has 0 aliphatic carbocycles. The Morgan fingerprint density at radius 1 is 1.00 bits per heavy atom. The average molecular weight is 384 g/mol. The highest BCUT2D eigenvalue weighted by Gasteiger charge is 2.13. The van der Waals surface area contributed by atoms with E-state index in [9.17, 15) is 9.59 Å². The van der Waals surface area contributed by atoms with Crippen LogP contribution in [0.1, 0.15) is 21.5 Å². The number of anilines is 1. The van der Waals surface area contributed by atoms with Gasteiger partial charge in [-0.3, -0.25) is 14.6 Å². The number of fused-ring (bicyclic) bond motifs is 1. The zero-order chi connectivity index (χ0) is 20.5. The first-order valence-electron chi connectivity index (χ1n) is 9.23. The van der Waals surface area contributed by atoms with Gasteiger partial charge in [-0.15, -0.1) is 0 Å². The van der Waals surface area contributed by atoms with Crippen LogP contribution in [0.15, 0.2) is 65.8 Å². The lowest BCUT2D eigenvalue weighted by Gasteiger charge is -2.12. The van der Waals surface area contributed by atoms with E-state index in [4.69, 9.17) is 0 Å². The van der Waals surface area contributed by atoms with Crippen molar-refractivity contribution in [3.8, 4) is 11.3 Å². The third kappa shape index (κ3) is 3.65. The van der Waals surface area contributed by atoms with Crippen LogP contribution in [0.25, 0.3) is 22.0 Å². The molecule has 0 bridgehead atoms. The van der Waals surface area contributed by atoms with E-state index in [-0.39, 0.29) is 11.5 Å². The lowest BCUT2D eigenvalue weighted by atomic mass is 10.0. The number of benzene rings is 1. The summed E-state index contributed by atoms with van der Waals surface area (Å²) in [6.45, 7) is 3.84. The summed E-state index contributed by atoms with van der Waals surface area (Å²) in [5, 5.41) is 4.80. The Hall–Kier alpha value is -3.80. The minimum Gasteiger partial charge on any atom is -0.318 e. The maximum absolute atomic E-state index is 12.7. The molecule has 0 atom stereocenters. The number of carbonyl (C=O) groups excluding carboxylic acids is 1. The molecule has 3 aromatic heterocycles. The van der Waals surface area contributed by atoms with Gasteiger partial charge in [-0.1, -0.05) is 12.1 Å². The molecule has 0 unspecified atom stereocenters. The van der Waals surface area contributed by atoms with Crippen LogP contribution in [0.4, 0.5) is 5.82 Å². The van der Waals surface area contributed by atoms with Gasteiger partial charge in [0.25, 0.3) is 11.5 Å². The van der Waals surface area contributed by atoms with Crippen molar-refractivity contribution in [2.45, 2.75) is 13.8 Å². The molecule has 29 heavy (non-hydrogen) atoms. The van der Waals surface area contributed by atoms with Crippen LogP contribution in [0.3, 0.4) is 0 Å². The van der Waals surface area contributed by atoms with Crippen molar-refractivity contribution in [3.05, 3.63) is 88.1 Å². The molecule has 1 N–H and O–H groups in total. The summed E-state index contributed by atoms with van der Waals surface area (Å²) in [6.07, 6.45) is 5.24. The number of hydrogen-bond acceptors (Lipinski definition) is 4. The van der Waals surface area contributed by atoms with Crippen molar-refractivity contribution < 1.29 is 4.79 Å². The molecule has 0 saturated heterocycles. The van der Waals surface area contributed by atoms with E-state index in [1.54, 1.807) is 43.8 Å². The number of carbonyl (C=O) groups is 1. The Labute approximate surface area is 167 Å². The van der Waals surface area contributed by atoms with Crippen molar-refractivity contribution in [3.63, 3.8) is 0 Å². The quantitative estimate of drug-likeness (QED) is 0.582. The largest absolute Gasteiger partial charge is 0.318 e. The van der Waals surface area contributed by atoms with Crippen LogP contribution in [0, 0.1) is 13.8 Å². The topological polar surface area (TPSA) is 76.9 Å². The second-order valence-corrected chi connectivity index (χ2v) is 7.07. The second kappa shape index (κ2) is 7.31. The van der Waals surface area contributed by atoms with Crippen molar-refractivity contribution in [2.75, 3.05) is 5.32 Å². The Balaban J connectivity index is 1.67. The molecule has 4 aromatic rings. The third-order valence-corrected chi connectivity index (χ3v) is 4.93. The number of aromatic nitrogens is 3. The van der Waals surface area contributed by atoms with E-state index in [2.05, 4.69) is 15.3 Å². The van der Waals surface area contributed by atoms with E-state index >= 15 is 0 Å². The molecule has 6 heteroatoms. The molecule has 1 amide bonds. The number of nitrogens with one attached hydrogen (secondary N) is 1. The fourth-order valence-corrected chi connectivity index (χ4v) is 3.26. The van der Waals surface area contributed by atoms with Gasteiger partial charge in [0.15, 0.2) is 0 Å². The van der Waals surface area contributed by atoms with Gasteiger partial charge in [0, 0.05) is 48.2 Å². The molecule has 4 rings (SSSR count). The number of hydrogen-bond donors (Lipinski definition) is 1. The normalized spacial score (nSPS) is 10.9. The summed E-state index contributed by atoms with van der Waals surface area (Å²) in [6, 6.07) is 12.6. The highest BCUT2D eigenvalue weighted by Crippen LogP contribution is 2.25. The van der Waals surface area contributed by atoms with E-state index in [1.165, 1.54) is 4.57 Å². The number of nitrogens with zero attached hydrogens (tertiary/aromatic N) is 3. The maximum Gasteiger partial charge on any atom is 0.256 e. The number of aryl methyl sites for hydroxylation is 3. The minimum absolute atomic E-state index is 0.0696.